The number of pyridine rings is 1. The predicted octanol–water partition coefficient (Wildman–Crippen LogP) is 4.13. The van der Waals surface area contributed by atoms with Crippen molar-refractivity contribution >= 4 is 39.0 Å². The molecule has 0 fully saturated rings. The van der Waals surface area contributed by atoms with Gasteiger partial charge in [-0.05, 0) is 26.0 Å². The number of hydrogen-bond donors (Lipinski definition) is 2. The van der Waals surface area contributed by atoms with Gasteiger partial charge >= 0.3 is 0 Å². The standard InChI is InChI=1S/C15H14ClN3OS/c1-8(2)17-15-19-12(7-21-15)11-6-13(20)9-4-3-5-10(16)14(9)18-11/h3-8H,1-2H3,(H,17,19)(H,18,20). The largest absolute Gasteiger partial charge is 0.359 e. The lowest BCUT2D eigenvalue weighted by molar-refractivity contribution is 0.896. The molecule has 0 unspecified atom stereocenters. The van der Waals surface area contributed by atoms with Gasteiger partial charge in [0, 0.05) is 22.9 Å². The van der Waals surface area contributed by atoms with Gasteiger partial charge in [0.05, 0.1) is 21.9 Å². The second-order valence-electron chi connectivity index (χ2n) is 5.05. The SMILES string of the molecule is CC(C)Nc1nc(-c2cc(=O)c3cccc(Cl)c3[nH]2)cs1. The molecule has 0 saturated carbocycles. The van der Waals surface area contributed by atoms with Crippen LogP contribution in [-0.2, 0) is 0 Å². The smallest absolute Gasteiger partial charge is 0.190 e. The Balaban J connectivity index is 2.10. The van der Waals surface area contributed by atoms with Crippen molar-refractivity contribution in [2.75, 3.05) is 5.32 Å². The summed E-state index contributed by atoms with van der Waals surface area (Å²) in [4.78, 5) is 19.9. The minimum Gasteiger partial charge on any atom is -0.359 e. The molecule has 2 heterocycles. The van der Waals surface area contributed by atoms with E-state index in [1.165, 1.54) is 11.3 Å². The van der Waals surface area contributed by atoms with Crippen LogP contribution in [-0.4, -0.2) is 16.0 Å². The highest BCUT2D eigenvalue weighted by molar-refractivity contribution is 7.14. The second kappa shape index (κ2) is 5.50. The Morgan fingerprint density at radius 3 is 2.95 bits per heavy atom. The number of nitrogens with zero attached hydrogens (tertiary/aromatic N) is 1. The molecule has 2 aromatic heterocycles. The van der Waals surface area contributed by atoms with Crippen LogP contribution in [0.5, 0.6) is 0 Å². The van der Waals surface area contributed by atoms with Crippen molar-refractivity contribution in [3.63, 3.8) is 0 Å². The lowest BCUT2D eigenvalue weighted by Gasteiger charge is -2.05. The summed E-state index contributed by atoms with van der Waals surface area (Å²) >= 11 is 7.67. The average Bonchev–Trinajstić information content (AvgIpc) is 2.87. The monoisotopic (exact) mass is 319 g/mol. The van der Waals surface area contributed by atoms with Crippen molar-refractivity contribution in [1.29, 1.82) is 0 Å². The molecule has 3 aromatic rings. The number of hydrogen-bond acceptors (Lipinski definition) is 4. The summed E-state index contributed by atoms with van der Waals surface area (Å²) in [6.07, 6.45) is 0. The number of aromatic amines is 1. The van der Waals surface area contributed by atoms with Gasteiger partial charge in [0.15, 0.2) is 10.6 Å². The number of H-pyrrole nitrogens is 1. The summed E-state index contributed by atoms with van der Waals surface area (Å²) in [6.45, 7) is 4.11. The molecule has 0 aliphatic rings. The zero-order chi connectivity index (χ0) is 15.0. The van der Waals surface area contributed by atoms with Crippen LogP contribution < -0.4 is 10.7 Å². The van der Waals surface area contributed by atoms with E-state index >= 15 is 0 Å². The molecule has 0 saturated heterocycles. The summed E-state index contributed by atoms with van der Waals surface area (Å²) in [5.41, 5.74) is 2.00. The quantitative estimate of drug-likeness (QED) is 0.763. The van der Waals surface area contributed by atoms with Crippen molar-refractivity contribution in [2.45, 2.75) is 19.9 Å². The molecule has 0 spiro atoms. The molecule has 4 nitrogen and oxygen atoms in total. The number of anilines is 1. The lowest BCUT2D eigenvalue weighted by Crippen LogP contribution is -2.09. The van der Waals surface area contributed by atoms with E-state index in [0.717, 1.165) is 10.8 Å². The molecule has 0 atom stereocenters. The Kier molecular flexibility index (Phi) is 3.69. The minimum absolute atomic E-state index is 0.0624. The summed E-state index contributed by atoms with van der Waals surface area (Å²) in [5, 5.41) is 7.11. The third kappa shape index (κ3) is 2.80. The van der Waals surface area contributed by atoms with Crippen LogP contribution in [0.15, 0.2) is 34.4 Å². The molecule has 0 amide bonds. The van der Waals surface area contributed by atoms with Crippen LogP contribution in [0.25, 0.3) is 22.3 Å². The Hall–Kier alpha value is -1.85. The molecule has 1 aromatic carbocycles. The predicted molar refractivity (Wildman–Crippen MR) is 89.4 cm³/mol. The third-order valence-corrected chi connectivity index (χ3v) is 4.09. The molecule has 0 bridgehead atoms. The van der Waals surface area contributed by atoms with E-state index in [2.05, 4.69) is 29.1 Å². The fourth-order valence-corrected chi connectivity index (χ4v) is 3.16. The summed E-state index contributed by atoms with van der Waals surface area (Å²) in [7, 11) is 0. The maximum absolute atomic E-state index is 12.2. The van der Waals surface area contributed by atoms with Gasteiger partial charge in [0.25, 0.3) is 0 Å². The molecule has 2 N–H and O–H groups in total. The van der Waals surface area contributed by atoms with Crippen molar-refractivity contribution in [2.24, 2.45) is 0 Å². The fraction of sp³-hybridized carbons (Fsp3) is 0.200. The van der Waals surface area contributed by atoms with Crippen LogP contribution in [0.4, 0.5) is 5.13 Å². The third-order valence-electron chi connectivity index (χ3n) is 3.01. The number of aromatic nitrogens is 2. The Morgan fingerprint density at radius 1 is 1.38 bits per heavy atom. The minimum atomic E-state index is -0.0624. The Bertz CT molecular complexity index is 853. The molecule has 0 aliphatic heterocycles. The molecule has 3 rings (SSSR count). The number of rotatable bonds is 3. The van der Waals surface area contributed by atoms with E-state index in [1.807, 2.05) is 5.38 Å². The highest BCUT2D eigenvalue weighted by Gasteiger charge is 2.10. The van der Waals surface area contributed by atoms with Gasteiger partial charge in [-0.2, -0.15) is 0 Å². The van der Waals surface area contributed by atoms with Crippen molar-refractivity contribution in [3.05, 3.63) is 44.9 Å². The summed E-state index contributed by atoms with van der Waals surface area (Å²) < 4.78 is 0. The summed E-state index contributed by atoms with van der Waals surface area (Å²) in [5.74, 6) is 0. The van der Waals surface area contributed by atoms with Crippen molar-refractivity contribution in [3.8, 4) is 11.4 Å². The zero-order valence-electron chi connectivity index (χ0n) is 11.6. The molecule has 6 heteroatoms. The van der Waals surface area contributed by atoms with Gasteiger partial charge in [0.2, 0.25) is 0 Å². The van der Waals surface area contributed by atoms with E-state index in [0.29, 0.717) is 27.7 Å². The van der Waals surface area contributed by atoms with Gasteiger partial charge in [-0.15, -0.1) is 11.3 Å². The normalized spacial score (nSPS) is 11.2. The number of thiazole rings is 1. The zero-order valence-corrected chi connectivity index (χ0v) is 13.2. The van der Waals surface area contributed by atoms with E-state index < -0.39 is 0 Å². The fourth-order valence-electron chi connectivity index (χ4n) is 2.08. The molecular formula is C15H14ClN3OS. The van der Waals surface area contributed by atoms with Crippen LogP contribution >= 0.6 is 22.9 Å². The van der Waals surface area contributed by atoms with Crippen molar-refractivity contribution < 1.29 is 0 Å². The lowest BCUT2D eigenvalue weighted by atomic mass is 10.2. The first kappa shape index (κ1) is 14.1. The topological polar surface area (TPSA) is 57.8 Å². The number of nitrogens with one attached hydrogen (secondary N) is 2. The van der Waals surface area contributed by atoms with Gasteiger partial charge in [-0.25, -0.2) is 4.98 Å². The first-order valence-electron chi connectivity index (χ1n) is 6.58. The molecular weight excluding hydrogens is 306 g/mol. The summed E-state index contributed by atoms with van der Waals surface area (Å²) in [6, 6.07) is 7.17. The number of fused-ring (bicyclic) bond motifs is 1. The molecule has 21 heavy (non-hydrogen) atoms. The number of halogens is 1. The molecule has 108 valence electrons. The van der Waals surface area contributed by atoms with Crippen LogP contribution in [0.3, 0.4) is 0 Å². The molecule has 0 aliphatic carbocycles. The Morgan fingerprint density at radius 2 is 2.19 bits per heavy atom. The average molecular weight is 320 g/mol. The van der Waals surface area contributed by atoms with E-state index in [1.54, 1.807) is 24.3 Å². The Labute approximate surface area is 130 Å². The highest BCUT2D eigenvalue weighted by Crippen LogP contribution is 2.26. The second-order valence-corrected chi connectivity index (χ2v) is 6.31. The van der Waals surface area contributed by atoms with E-state index in [-0.39, 0.29) is 5.43 Å². The van der Waals surface area contributed by atoms with Crippen LogP contribution in [0, 0.1) is 0 Å². The van der Waals surface area contributed by atoms with Crippen LogP contribution in [0.1, 0.15) is 13.8 Å². The first-order valence-corrected chi connectivity index (χ1v) is 7.84. The van der Waals surface area contributed by atoms with E-state index in [9.17, 15) is 4.79 Å². The maximum Gasteiger partial charge on any atom is 0.190 e. The van der Waals surface area contributed by atoms with Gasteiger partial charge in [-0.3, -0.25) is 4.79 Å². The van der Waals surface area contributed by atoms with Crippen molar-refractivity contribution in [1.82, 2.24) is 9.97 Å². The van der Waals surface area contributed by atoms with Gasteiger partial charge < -0.3 is 10.3 Å². The number of benzene rings is 1. The highest BCUT2D eigenvalue weighted by atomic mass is 35.5. The van der Waals surface area contributed by atoms with E-state index in [4.69, 9.17) is 11.6 Å². The number of para-hydroxylation sites is 1. The first-order chi connectivity index (χ1) is 10.0. The van der Waals surface area contributed by atoms with Crippen LogP contribution in [0.2, 0.25) is 5.02 Å². The maximum atomic E-state index is 12.2. The van der Waals surface area contributed by atoms with Gasteiger partial charge in [-0.1, -0.05) is 17.7 Å². The molecule has 0 radical (unpaired) electrons. The van der Waals surface area contributed by atoms with Gasteiger partial charge in [0.1, 0.15) is 0 Å².